The van der Waals surface area contributed by atoms with Crippen molar-refractivity contribution < 1.29 is 9.13 Å². The van der Waals surface area contributed by atoms with E-state index in [1.165, 1.54) is 12.1 Å². The lowest BCUT2D eigenvalue weighted by Gasteiger charge is -2.06. The highest BCUT2D eigenvalue weighted by Crippen LogP contribution is 2.21. The number of hydrogen-bond donors (Lipinski definition) is 0. The van der Waals surface area contributed by atoms with Gasteiger partial charge in [0.1, 0.15) is 18.2 Å². The number of rotatable bonds is 3. The summed E-state index contributed by atoms with van der Waals surface area (Å²) in [5.41, 5.74) is 0.958. The number of fused-ring (bicyclic) bond motifs is 1. The van der Waals surface area contributed by atoms with Gasteiger partial charge in [0, 0.05) is 0 Å². The summed E-state index contributed by atoms with van der Waals surface area (Å²) >= 11 is 0. The van der Waals surface area contributed by atoms with Crippen molar-refractivity contribution in [3.05, 3.63) is 54.4 Å². The molecule has 2 rings (SSSR count). The molecule has 0 saturated carbocycles. The van der Waals surface area contributed by atoms with Crippen molar-refractivity contribution in [1.82, 2.24) is 0 Å². The van der Waals surface area contributed by atoms with Gasteiger partial charge < -0.3 is 4.74 Å². The van der Waals surface area contributed by atoms with Crippen LogP contribution in [0.25, 0.3) is 10.8 Å². The third kappa shape index (κ3) is 2.40. The van der Waals surface area contributed by atoms with Crippen LogP contribution in [0.2, 0.25) is 0 Å². The van der Waals surface area contributed by atoms with Crippen LogP contribution < -0.4 is 4.74 Å². The molecule has 0 amide bonds. The molecule has 2 aromatic rings. The van der Waals surface area contributed by atoms with E-state index >= 15 is 0 Å². The fraction of sp³-hybridized carbons (Fsp3) is 0.143. The van der Waals surface area contributed by atoms with Crippen LogP contribution in [-0.2, 0) is 0 Å². The summed E-state index contributed by atoms with van der Waals surface area (Å²) in [6, 6.07) is 10.3. The third-order valence-corrected chi connectivity index (χ3v) is 2.26. The molecule has 2 heteroatoms. The van der Waals surface area contributed by atoms with Gasteiger partial charge in [0.05, 0.1) is 0 Å². The molecular weight excluding hydrogens is 203 g/mol. The molecule has 82 valence electrons. The average Bonchev–Trinajstić information content (AvgIpc) is 2.25. The molecule has 2 aromatic carbocycles. The van der Waals surface area contributed by atoms with E-state index in [0.29, 0.717) is 6.61 Å². The third-order valence-electron chi connectivity index (χ3n) is 2.26. The highest BCUT2D eigenvalue weighted by atomic mass is 19.1. The topological polar surface area (TPSA) is 9.23 Å². The summed E-state index contributed by atoms with van der Waals surface area (Å²) in [5.74, 6) is 0.505. The zero-order chi connectivity index (χ0) is 11.5. The minimum absolute atomic E-state index is 0.232. The maximum absolute atomic E-state index is 13.0. The molecule has 1 nitrogen and oxygen atoms in total. The fourth-order valence-corrected chi connectivity index (χ4v) is 1.49. The normalized spacial score (nSPS) is 10.4. The van der Waals surface area contributed by atoms with E-state index in [0.717, 1.165) is 22.1 Å². The second-order valence-corrected chi connectivity index (χ2v) is 3.90. The Hall–Kier alpha value is -1.83. The Morgan fingerprint density at radius 2 is 1.94 bits per heavy atom. The SMILES string of the molecule is C=C(C)COc1ccc2ccc(F)cc2c1. The van der Waals surface area contributed by atoms with Gasteiger partial charge in [-0.2, -0.15) is 0 Å². The zero-order valence-corrected chi connectivity index (χ0v) is 9.16. The molecule has 0 unspecified atom stereocenters. The summed E-state index contributed by atoms with van der Waals surface area (Å²) < 4.78 is 18.5. The second kappa shape index (κ2) is 4.35. The number of ether oxygens (including phenoxy) is 1. The smallest absolute Gasteiger partial charge is 0.123 e. The van der Waals surface area contributed by atoms with Gasteiger partial charge in [-0.1, -0.05) is 18.7 Å². The predicted octanol–water partition coefficient (Wildman–Crippen LogP) is 3.93. The van der Waals surface area contributed by atoms with Crippen molar-refractivity contribution in [1.29, 1.82) is 0 Å². The quantitative estimate of drug-likeness (QED) is 0.706. The van der Waals surface area contributed by atoms with Crippen LogP contribution in [0.15, 0.2) is 48.6 Å². The molecule has 0 N–H and O–H groups in total. The molecule has 0 aliphatic carbocycles. The van der Waals surface area contributed by atoms with E-state index in [9.17, 15) is 4.39 Å². The Morgan fingerprint density at radius 3 is 2.69 bits per heavy atom. The first kappa shape index (κ1) is 10.7. The number of benzene rings is 2. The highest BCUT2D eigenvalue weighted by Gasteiger charge is 1.99. The molecule has 0 aliphatic rings. The molecule has 0 aromatic heterocycles. The molecular formula is C14H13FO. The van der Waals surface area contributed by atoms with Gasteiger partial charge in [-0.25, -0.2) is 4.39 Å². The average molecular weight is 216 g/mol. The van der Waals surface area contributed by atoms with E-state index in [1.807, 2.05) is 25.1 Å². The van der Waals surface area contributed by atoms with Gasteiger partial charge in [-0.05, 0) is 47.5 Å². The summed E-state index contributed by atoms with van der Waals surface area (Å²) in [4.78, 5) is 0. The minimum atomic E-state index is -0.232. The second-order valence-electron chi connectivity index (χ2n) is 3.90. The number of halogens is 1. The van der Waals surface area contributed by atoms with Crippen LogP contribution in [0.1, 0.15) is 6.92 Å². The molecule has 0 saturated heterocycles. The molecule has 16 heavy (non-hydrogen) atoms. The summed E-state index contributed by atoms with van der Waals surface area (Å²) in [6.45, 7) is 6.15. The standard InChI is InChI=1S/C14H13FO/c1-10(2)9-16-14-6-4-11-3-5-13(15)7-12(11)8-14/h3-8H,1,9H2,2H3. The van der Waals surface area contributed by atoms with E-state index in [1.54, 1.807) is 6.07 Å². The van der Waals surface area contributed by atoms with Gasteiger partial charge in [-0.3, -0.25) is 0 Å². The van der Waals surface area contributed by atoms with E-state index in [4.69, 9.17) is 4.74 Å². The Labute approximate surface area is 94.2 Å². The first-order chi connectivity index (χ1) is 7.65. The summed E-state index contributed by atoms with van der Waals surface area (Å²) in [6.07, 6.45) is 0. The molecule has 0 aliphatic heterocycles. The molecule has 0 bridgehead atoms. The maximum Gasteiger partial charge on any atom is 0.123 e. The molecule has 0 atom stereocenters. The molecule has 0 fully saturated rings. The fourth-order valence-electron chi connectivity index (χ4n) is 1.49. The van der Waals surface area contributed by atoms with Crippen molar-refractivity contribution in [2.24, 2.45) is 0 Å². The molecule has 0 heterocycles. The summed E-state index contributed by atoms with van der Waals surface area (Å²) in [5, 5.41) is 1.85. The van der Waals surface area contributed by atoms with E-state index in [2.05, 4.69) is 6.58 Å². The van der Waals surface area contributed by atoms with Crippen LogP contribution in [0.5, 0.6) is 5.75 Å². The van der Waals surface area contributed by atoms with Crippen molar-refractivity contribution in [2.45, 2.75) is 6.92 Å². The Bertz CT molecular complexity index is 531. The largest absolute Gasteiger partial charge is 0.489 e. The van der Waals surface area contributed by atoms with Gasteiger partial charge >= 0.3 is 0 Å². The predicted molar refractivity (Wildman–Crippen MR) is 64.2 cm³/mol. The maximum atomic E-state index is 13.0. The zero-order valence-electron chi connectivity index (χ0n) is 9.16. The first-order valence-electron chi connectivity index (χ1n) is 5.11. The monoisotopic (exact) mass is 216 g/mol. The van der Waals surface area contributed by atoms with E-state index < -0.39 is 0 Å². The van der Waals surface area contributed by atoms with Crippen LogP contribution >= 0.6 is 0 Å². The van der Waals surface area contributed by atoms with Gasteiger partial charge in [0.15, 0.2) is 0 Å². The van der Waals surface area contributed by atoms with E-state index in [-0.39, 0.29) is 5.82 Å². The Balaban J connectivity index is 2.31. The van der Waals surface area contributed by atoms with Crippen LogP contribution in [0.3, 0.4) is 0 Å². The lowest BCUT2D eigenvalue weighted by Crippen LogP contribution is -1.97. The first-order valence-corrected chi connectivity index (χ1v) is 5.11. The minimum Gasteiger partial charge on any atom is -0.489 e. The van der Waals surface area contributed by atoms with Crippen molar-refractivity contribution in [2.75, 3.05) is 6.61 Å². The van der Waals surface area contributed by atoms with Crippen molar-refractivity contribution in [3.8, 4) is 5.75 Å². The Morgan fingerprint density at radius 1 is 1.19 bits per heavy atom. The van der Waals surface area contributed by atoms with Crippen molar-refractivity contribution >= 4 is 10.8 Å². The van der Waals surface area contributed by atoms with Gasteiger partial charge in [-0.15, -0.1) is 0 Å². The van der Waals surface area contributed by atoms with Crippen LogP contribution in [-0.4, -0.2) is 6.61 Å². The van der Waals surface area contributed by atoms with Gasteiger partial charge in [0.2, 0.25) is 0 Å². The molecule has 0 radical (unpaired) electrons. The van der Waals surface area contributed by atoms with Gasteiger partial charge in [0.25, 0.3) is 0 Å². The summed E-state index contributed by atoms with van der Waals surface area (Å²) in [7, 11) is 0. The van der Waals surface area contributed by atoms with Crippen molar-refractivity contribution in [3.63, 3.8) is 0 Å². The molecule has 0 spiro atoms. The highest BCUT2D eigenvalue weighted by molar-refractivity contribution is 5.83. The van der Waals surface area contributed by atoms with Crippen LogP contribution in [0, 0.1) is 5.82 Å². The lowest BCUT2D eigenvalue weighted by molar-refractivity contribution is 0.353. The number of hydrogen-bond acceptors (Lipinski definition) is 1. The Kier molecular flexibility index (Phi) is 2.91. The van der Waals surface area contributed by atoms with Crippen LogP contribution in [0.4, 0.5) is 4.39 Å². The lowest BCUT2D eigenvalue weighted by atomic mass is 10.1.